The Balaban J connectivity index is 2.04. The zero-order valence-corrected chi connectivity index (χ0v) is 12.7. The first kappa shape index (κ1) is 13.3. The molecule has 1 saturated carbocycles. The van der Waals surface area contributed by atoms with Crippen LogP contribution >= 0.6 is 15.9 Å². The summed E-state index contributed by atoms with van der Waals surface area (Å²) in [7, 11) is 0. The fourth-order valence-electron chi connectivity index (χ4n) is 3.30. The number of ether oxygens (including phenoxy) is 2. The molecule has 0 unspecified atom stereocenters. The highest BCUT2D eigenvalue weighted by molar-refractivity contribution is 9.10. The minimum Gasteiger partial charge on any atom is -0.486 e. The van der Waals surface area contributed by atoms with Crippen molar-refractivity contribution in [3.63, 3.8) is 0 Å². The van der Waals surface area contributed by atoms with Crippen LogP contribution in [0, 0.1) is 0 Å². The quantitative estimate of drug-likeness (QED) is 0.906. The van der Waals surface area contributed by atoms with Gasteiger partial charge in [0, 0.05) is 12.0 Å². The van der Waals surface area contributed by atoms with E-state index in [1.54, 1.807) is 0 Å². The molecule has 1 fully saturated rings. The number of hydrogen-bond donors (Lipinski definition) is 1. The summed E-state index contributed by atoms with van der Waals surface area (Å²) >= 11 is 3.72. The molecule has 0 bridgehead atoms. The molecule has 0 amide bonds. The van der Waals surface area contributed by atoms with Gasteiger partial charge in [-0.25, -0.2) is 0 Å². The van der Waals surface area contributed by atoms with Crippen molar-refractivity contribution in [1.82, 2.24) is 0 Å². The molecule has 2 N–H and O–H groups in total. The van der Waals surface area contributed by atoms with Crippen molar-refractivity contribution in [1.29, 1.82) is 0 Å². The maximum Gasteiger partial charge on any atom is 0.175 e. The second-order valence-electron chi connectivity index (χ2n) is 5.50. The van der Waals surface area contributed by atoms with Crippen LogP contribution in [-0.4, -0.2) is 19.8 Å². The van der Waals surface area contributed by atoms with E-state index in [2.05, 4.69) is 22.0 Å². The van der Waals surface area contributed by atoms with Gasteiger partial charge in [0.25, 0.3) is 0 Å². The molecule has 0 aromatic heterocycles. The molecule has 1 aliphatic carbocycles. The van der Waals surface area contributed by atoms with Crippen LogP contribution < -0.4 is 15.2 Å². The third kappa shape index (κ3) is 2.25. The Morgan fingerprint density at radius 3 is 2.58 bits per heavy atom. The van der Waals surface area contributed by atoms with E-state index in [4.69, 9.17) is 15.2 Å². The highest BCUT2D eigenvalue weighted by Gasteiger charge is 2.35. The van der Waals surface area contributed by atoms with Crippen LogP contribution in [0.3, 0.4) is 0 Å². The predicted molar refractivity (Wildman–Crippen MR) is 78.9 cm³/mol. The van der Waals surface area contributed by atoms with Crippen LogP contribution in [0.4, 0.5) is 0 Å². The van der Waals surface area contributed by atoms with Crippen molar-refractivity contribution in [2.45, 2.75) is 37.5 Å². The summed E-state index contributed by atoms with van der Waals surface area (Å²) in [5.74, 6) is 1.69. The first-order valence-electron chi connectivity index (χ1n) is 7.05. The monoisotopic (exact) mass is 325 g/mol. The number of nitrogens with two attached hydrogens (primary N) is 1. The van der Waals surface area contributed by atoms with E-state index in [1.165, 1.54) is 37.7 Å². The summed E-state index contributed by atoms with van der Waals surface area (Å²) in [5, 5.41) is 0. The van der Waals surface area contributed by atoms with Crippen LogP contribution in [0.15, 0.2) is 16.6 Å². The molecule has 1 aromatic rings. The molecule has 3 rings (SSSR count). The summed E-state index contributed by atoms with van der Waals surface area (Å²) in [4.78, 5) is 0. The predicted octanol–water partition coefficient (Wildman–Crippen LogP) is 3.38. The Morgan fingerprint density at radius 2 is 1.84 bits per heavy atom. The maximum atomic E-state index is 6.12. The lowest BCUT2D eigenvalue weighted by atomic mass is 9.69. The van der Waals surface area contributed by atoms with Gasteiger partial charge >= 0.3 is 0 Å². The van der Waals surface area contributed by atoms with Gasteiger partial charge in [-0.15, -0.1) is 0 Å². The molecule has 19 heavy (non-hydrogen) atoms. The van der Waals surface area contributed by atoms with Gasteiger partial charge in [-0.2, -0.15) is 0 Å². The largest absolute Gasteiger partial charge is 0.486 e. The van der Waals surface area contributed by atoms with Gasteiger partial charge in [-0.1, -0.05) is 25.3 Å². The van der Waals surface area contributed by atoms with Crippen LogP contribution in [-0.2, 0) is 5.41 Å². The zero-order chi connectivity index (χ0) is 13.3. The lowest BCUT2D eigenvalue weighted by Crippen LogP contribution is -2.37. The van der Waals surface area contributed by atoms with Crippen molar-refractivity contribution < 1.29 is 9.47 Å². The number of fused-ring (bicyclic) bond motifs is 1. The zero-order valence-electron chi connectivity index (χ0n) is 11.1. The summed E-state index contributed by atoms with van der Waals surface area (Å²) < 4.78 is 12.4. The molecule has 1 aliphatic heterocycles. The standard InChI is InChI=1S/C15H20BrNO2/c16-13-11(15(10-17)6-2-1-3-7-15)4-5-12-14(13)19-9-8-18-12/h4-5H,1-3,6-10,17H2. The van der Waals surface area contributed by atoms with Gasteiger partial charge in [0.05, 0.1) is 4.47 Å². The third-order valence-corrected chi connectivity index (χ3v) is 5.21. The Hall–Kier alpha value is -0.740. The number of halogens is 1. The second-order valence-corrected chi connectivity index (χ2v) is 6.29. The summed E-state index contributed by atoms with van der Waals surface area (Å²) in [5.41, 5.74) is 7.52. The van der Waals surface area contributed by atoms with Crippen molar-refractivity contribution in [3.8, 4) is 11.5 Å². The van der Waals surface area contributed by atoms with Crippen LogP contribution in [0.1, 0.15) is 37.7 Å². The van der Waals surface area contributed by atoms with Gasteiger partial charge < -0.3 is 15.2 Å². The van der Waals surface area contributed by atoms with Crippen molar-refractivity contribution in [3.05, 3.63) is 22.2 Å². The average molecular weight is 326 g/mol. The Morgan fingerprint density at radius 1 is 1.11 bits per heavy atom. The van der Waals surface area contributed by atoms with Gasteiger partial charge in [-0.3, -0.25) is 0 Å². The molecule has 0 saturated heterocycles. The molecule has 0 radical (unpaired) electrons. The number of hydrogen-bond acceptors (Lipinski definition) is 3. The van der Waals surface area contributed by atoms with E-state index in [9.17, 15) is 0 Å². The van der Waals surface area contributed by atoms with Crippen LogP contribution in [0.2, 0.25) is 0 Å². The normalized spacial score (nSPS) is 21.2. The van der Waals surface area contributed by atoms with Crippen LogP contribution in [0.25, 0.3) is 0 Å². The molecular weight excluding hydrogens is 306 g/mol. The summed E-state index contributed by atoms with van der Waals surface area (Å²) in [6, 6.07) is 4.19. The maximum absolute atomic E-state index is 6.12. The van der Waals surface area contributed by atoms with Crippen molar-refractivity contribution >= 4 is 15.9 Å². The highest BCUT2D eigenvalue weighted by atomic mass is 79.9. The molecule has 1 aromatic carbocycles. The molecule has 0 atom stereocenters. The van der Waals surface area contributed by atoms with E-state index in [-0.39, 0.29) is 5.41 Å². The Kier molecular flexibility index (Phi) is 3.72. The second kappa shape index (κ2) is 5.33. The topological polar surface area (TPSA) is 44.5 Å². The fraction of sp³-hybridized carbons (Fsp3) is 0.600. The molecule has 1 heterocycles. The molecule has 104 valence electrons. The fourth-order valence-corrected chi connectivity index (χ4v) is 4.17. The molecule has 2 aliphatic rings. The summed E-state index contributed by atoms with van der Waals surface area (Å²) in [6.45, 7) is 1.94. The van der Waals surface area contributed by atoms with Gasteiger partial charge in [0.1, 0.15) is 13.2 Å². The highest BCUT2D eigenvalue weighted by Crippen LogP contribution is 2.47. The Bertz CT molecular complexity index is 469. The SMILES string of the molecule is NCC1(c2ccc3c(c2Br)OCCO3)CCCCC1. The van der Waals surface area contributed by atoms with E-state index < -0.39 is 0 Å². The van der Waals surface area contributed by atoms with E-state index >= 15 is 0 Å². The van der Waals surface area contributed by atoms with Crippen molar-refractivity contribution in [2.24, 2.45) is 5.73 Å². The lowest BCUT2D eigenvalue weighted by Gasteiger charge is -2.38. The van der Waals surface area contributed by atoms with Crippen molar-refractivity contribution in [2.75, 3.05) is 19.8 Å². The van der Waals surface area contributed by atoms with Gasteiger partial charge in [0.15, 0.2) is 11.5 Å². The smallest absolute Gasteiger partial charge is 0.175 e. The minimum absolute atomic E-state index is 0.104. The first-order valence-corrected chi connectivity index (χ1v) is 7.85. The minimum atomic E-state index is 0.104. The van der Waals surface area contributed by atoms with Crippen LogP contribution in [0.5, 0.6) is 11.5 Å². The molecular formula is C15H20BrNO2. The third-order valence-electron chi connectivity index (χ3n) is 4.42. The molecule has 3 nitrogen and oxygen atoms in total. The van der Waals surface area contributed by atoms with Gasteiger partial charge in [0.2, 0.25) is 0 Å². The van der Waals surface area contributed by atoms with E-state index in [0.717, 1.165) is 16.0 Å². The Labute approximate surface area is 122 Å². The number of benzene rings is 1. The first-order chi connectivity index (χ1) is 9.27. The average Bonchev–Trinajstić information content (AvgIpc) is 2.48. The van der Waals surface area contributed by atoms with E-state index in [1.807, 2.05) is 6.07 Å². The number of rotatable bonds is 2. The molecule has 0 spiro atoms. The van der Waals surface area contributed by atoms with Gasteiger partial charge in [-0.05, 0) is 40.4 Å². The molecule has 4 heteroatoms. The summed E-state index contributed by atoms with van der Waals surface area (Å²) in [6.07, 6.45) is 6.18. The van der Waals surface area contributed by atoms with E-state index in [0.29, 0.717) is 19.8 Å². The lowest BCUT2D eigenvalue weighted by molar-refractivity contribution is 0.169.